The highest BCUT2D eigenvalue weighted by molar-refractivity contribution is 5.60. The Kier molecular flexibility index (Phi) is 4.08. The molecule has 0 amide bonds. The van der Waals surface area contributed by atoms with Gasteiger partial charge in [0.1, 0.15) is 17.5 Å². The van der Waals surface area contributed by atoms with Crippen LogP contribution in [0.15, 0.2) is 60.8 Å². The molecule has 0 N–H and O–H groups in total. The zero-order chi connectivity index (χ0) is 18.9. The van der Waals surface area contributed by atoms with E-state index in [0.29, 0.717) is 17.0 Å². The third kappa shape index (κ3) is 2.92. The molecule has 0 bridgehead atoms. The van der Waals surface area contributed by atoms with Crippen molar-refractivity contribution in [2.45, 2.75) is 0 Å². The minimum atomic E-state index is -0.340. The first-order chi connectivity index (χ1) is 13.8. The van der Waals surface area contributed by atoms with Crippen molar-refractivity contribution in [2.24, 2.45) is 0 Å². The van der Waals surface area contributed by atoms with Crippen LogP contribution in [0.5, 0.6) is 0 Å². The average molecular weight is 375 g/mol. The van der Waals surface area contributed by atoms with Gasteiger partial charge in [0.05, 0.1) is 5.56 Å². The SMILES string of the molecule is Fc1ccccc1-c1nnc2ccc(N3CCN(c4ccccn4)CC3)nn12. The largest absolute Gasteiger partial charge is 0.353 e. The van der Waals surface area contributed by atoms with Crippen LogP contribution in [0.2, 0.25) is 0 Å². The van der Waals surface area contributed by atoms with Crippen LogP contribution in [0, 0.1) is 5.82 Å². The number of pyridine rings is 1. The van der Waals surface area contributed by atoms with Crippen LogP contribution in [0.1, 0.15) is 0 Å². The lowest BCUT2D eigenvalue weighted by Gasteiger charge is -2.35. The van der Waals surface area contributed by atoms with Crippen LogP contribution >= 0.6 is 0 Å². The Hall–Kier alpha value is -3.55. The molecule has 5 rings (SSSR count). The standard InChI is InChI=1S/C20H18FN7/c21-16-6-2-1-5-15(16)20-24-23-18-8-9-19(25-28(18)20)27-13-11-26(12-14-27)17-7-3-4-10-22-17/h1-10H,11-14H2. The number of hydrogen-bond donors (Lipinski definition) is 0. The molecule has 4 heterocycles. The lowest BCUT2D eigenvalue weighted by atomic mass is 10.2. The van der Waals surface area contributed by atoms with Crippen molar-refractivity contribution < 1.29 is 4.39 Å². The van der Waals surface area contributed by atoms with Crippen molar-refractivity contribution in [3.8, 4) is 11.4 Å². The number of hydrogen-bond acceptors (Lipinski definition) is 6. The summed E-state index contributed by atoms with van der Waals surface area (Å²) >= 11 is 0. The third-order valence-electron chi connectivity index (χ3n) is 4.94. The van der Waals surface area contributed by atoms with E-state index in [2.05, 4.69) is 25.0 Å². The highest BCUT2D eigenvalue weighted by Gasteiger charge is 2.20. The molecule has 0 atom stereocenters. The monoisotopic (exact) mass is 375 g/mol. The van der Waals surface area contributed by atoms with Gasteiger partial charge >= 0.3 is 0 Å². The van der Waals surface area contributed by atoms with Gasteiger partial charge in [-0.15, -0.1) is 15.3 Å². The smallest absolute Gasteiger partial charge is 0.188 e. The fourth-order valence-electron chi connectivity index (χ4n) is 3.46. The number of piperazine rings is 1. The fraction of sp³-hybridized carbons (Fsp3) is 0.200. The second kappa shape index (κ2) is 6.88. The highest BCUT2D eigenvalue weighted by atomic mass is 19.1. The van der Waals surface area contributed by atoms with E-state index in [4.69, 9.17) is 5.10 Å². The van der Waals surface area contributed by atoms with Gasteiger partial charge in [0.2, 0.25) is 0 Å². The van der Waals surface area contributed by atoms with Crippen LogP contribution in [-0.2, 0) is 0 Å². The molecule has 0 saturated carbocycles. The quantitative estimate of drug-likeness (QED) is 0.549. The summed E-state index contributed by atoms with van der Waals surface area (Å²) in [5, 5.41) is 13.0. The van der Waals surface area contributed by atoms with Crippen LogP contribution in [-0.4, -0.2) is 51.0 Å². The molecule has 3 aromatic heterocycles. The molecular weight excluding hydrogens is 357 g/mol. The molecule has 1 fully saturated rings. The Morgan fingerprint density at radius 1 is 0.750 bits per heavy atom. The molecule has 0 unspecified atom stereocenters. The van der Waals surface area contributed by atoms with E-state index in [0.717, 1.165) is 37.8 Å². The molecule has 1 aliphatic rings. The van der Waals surface area contributed by atoms with Crippen molar-refractivity contribution >= 4 is 17.3 Å². The van der Waals surface area contributed by atoms with Crippen molar-refractivity contribution in [2.75, 3.05) is 36.0 Å². The average Bonchev–Trinajstić information content (AvgIpc) is 3.18. The number of anilines is 2. The number of aromatic nitrogens is 5. The summed E-state index contributed by atoms with van der Waals surface area (Å²) in [6, 6.07) is 16.3. The second-order valence-electron chi connectivity index (χ2n) is 6.63. The minimum absolute atomic E-state index is 0.340. The molecular formula is C20H18FN7. The summed E-state index contributed by atoms with van der Waals surface area (Å²) < 4.78 is 15.8. The summed E-state index contributed by atoms with van der Waals surface area (Å²) in [4.78, 5) is 8.90. The molecule has 140 valence electrons. The van der Waals surface area contributed by atoms with E-state index in [1.807, 2.05) is 36.5 Å². The van der Waals surface area contributed by atoms with E-state index >= 15 is 0 Å². The van der Waals surface area contributed by atoms with Gasteiger partial charge in [-0.05, 0) is 36.4 Å². The minimum Gasteiger partial charge on any atom is -0.353 e. The first-order valence-corrected chi connectivity index (χ1v) is 9.18. The first kappa shape index (κ1) is 16.6. The van der Waals surface area contributed by atoms with Crippen LogP contribution < -0.4 is 9.80 Å². The van der Waals surface area contributed by atoms with E-state index in [1.54, 1.807) is 22.7 Å². The zero-order valence-corrected chi connectivity index (χ0v) is 15.1. The molecule has 1 aromatic carbocycles. The van der Waals surface area contributed by atoms with Crippen molar-refractivity contribution in [1.29, 1.82) is 0 Å². The van der Waals surface area contributed by atoms with Gasteiger partial charge in [0.25, 0.3) is 0 Å². The highest BCUT2D eigenvalue weighted by Crippen LogP contribution is 2.23. The Labute approximate surface area is 161 Å². The molecule has 28 heavy (non-hydrogen) atoms. The maximum atomic E-state index is 14.2. The predicted octanol–water partition coefficient (Wildman–Crippen LogP) is 2.65. The Morgan fingerprint density at radius 2 is 1.50 bits per heavy atom. The second-order valence-corrected chi connectivity index (χ2v) is 6.63. The van der Waals surface area contributed by atoms with E-state index in [1.165, 1.54) is 6.07 Å². The Bertz CT molecular complexity index is 1100. The molecule has 7 nitrogen and oxygen atoms in total. The summed E-state index contributed by atoms with van der Waals surface area (Å²) in [6.07, 6.45) is 1.81. The van der Waals surface area contributed by atoms with Gasteiger partial charge in [-0.2, -0.15) is 4.52 Å². The number of nitrogens with zero attached hydrogens (tertiary/aromatic N) is 7. The molecule has 4 aromatic rings. The fourth-order valence-corrected chi connectivity index (χ4v) is 3.46. The van der Waals surface area contributed by atoms with Gasteiger partial charge in [-0.1, -0.05) is 18.2 Å². The van der Waals surface area contributed by atoms with E-state index in [-0.39, 0.29) is 5.82 Å². The number of fused-ring (bicyclic) bond motifs is 1. The number of halogens is 1. The topological polar surface area (TPSA) is 62.5 Å². The number of rotatable bonds is 3. The van der Waals surface area contributed by atoms with E-state index < -0.39 is 0 Å². The predicted molar refractivity (Wildman–Crippen MR) is 105 cm³/mol. The van der Waals surface area contributed by atoms with Crippen molar-refractivity contribution in [3.63, 3.8) is 0 Å². The lowest BCUT2D eigenvalue weighted by molar-refractivity contribution is 0.627. The lowest BCUT2D eigenvalue weighted by Crippen LogP contribution is -2.47. The van der Waals surface area contributed by atoms with Crippen molar-refractivity contribution in [1.82, 2.24) is 24.8 Å². The maximum absolute atomic E-state index is 14.2. The number of benzene rings is 1. The summed E-state index contributed by atoms with van der Waals surface area (Å²) in [5.74, 6) is 1.88. The van der Waals surface area contributed by atoms with Crippen LogP contribution in [0.25, 0.3) is 17.0 Å². The molecule has 8 heteroatoms. The van der Waals surface area contributed by atoms with E-state index in [9.17, 15) is 4.39 Å². The van der Waals surface area contributed by atoms with Crippen LogP contribution in [0.4, 0.5) is 16.0 Å². The molecule has 0 radical (unpaired) electrons. The third-order valence-corrected chi connectivity index (χ3v) is 4.94. The molecule has 0 spiro atoms. The summed E-state index contributed by atoms with van der Waals surface area (Å²) in [7, 11) is 0. The summed E-state index contributed by atoms with van der Waals surface area (Å²) in [6.45, 7) is 3.37. The Morgan fingerprint density at radius 3 is 2.25 bits per heavy atom. The molecule has 1 saturated heterocycles. The first-order valence-electron chi connectivity index (χ1n) is 9.18. The normalized spacial score (nSPS) is 14.6. The van der Waals surface area contributed by atoms with Gasteiger partial charge in [0, 0.05) is 32.4 Å². The zero-order valence-electron chi connectivity index (χ0n) is 15.1. The van der Waals surface area contributed by atoms with Gasteiger partial charge in [0.15, 0.2) is 11.5 Å². The Balaban J connectivity index is 1.42. The van der Waals surface area contributed by atoms with Gasteiger partial charge in [-0.3, -0.25) is 0 Å². The van der Waals surface area contributed by atoms with Crippen LogP contribution in [0.3, 0.4) is 0 Å². The summed E-state index contributed by atoms with van der Waals surface area (Å²) in [5.41, 5.74) is 0.980. The maximum Gasteiger partial charge on any atom is 0.188 e. The molecule has 0 aliphatic carbocycles. The molecule has 1 aliphatic heterocycles. The van der Waals surface area contributed by atoms with Gasteiger partial charge in [-0.25, -0.2) is 9.37 Å². The van der Waals surface area contributed by atoms with Gasteiger partial charge < -0.3 is 9.80 Å². The van der Waals surface area contributed by atoms with Crippen molar-refractivity contribution in [3.05, 3.63) is 66.6 Å².